The van der Waals surface area contributed by atoms with Crippen LogP contribution in [0.25, 0.3) is 0 Å². The van der Waals surface area contributed by atoms with E-state index >= 15 is 0 Å². The number of ether oxygens (including phenoxy) is 1. The van der Waals surface area contributed by atoms with Crippen LogP contribution in [0, 0.1) is 5.41 Å². The van der Waals surface area contributed by atoms with E-state index in [-0.39, 0.29) is 5.41 Å². The molecular formula is C13H20N2O3S. The molecule has 1 fully saturated rings. The highest BCUT2D eigenvalue weighted by atomic mass is 32.2. The van der Waals surface area contributed by atoms with E-state index in [4.69, 9.17) is 4.74 Å². The Morgan fingerprint density at radius 3 is 2.26 bits per heavy atom. The molecule has 1 heterocycles. The van der Waals surface area contributed by atoms with Gasteiger partial charge in [0, 0.05) is 31.7 Å². The molecule has 1 saturated heterocycles. The third kappa shape index (κ3) is 3.08. The normalized spacial score (nSPS) is 18.1. The number of nitrogens with zero attached hydrogens (tertiary/aromatic N) is 1. The highest BCUT2D eigenvalue weighted by Crippen LogP contribution is 2.27. The van der Waals surface area contributed by atoms with Crippen molar-refractivity contribution >= 4 is 15.7 Å². The first-order valence-corrected chi connectivity index (χ1v) is 7.62. The number of hydrogen-bond acceptors (Lipinski definition) is 4. The summed E-state index contributed by atoms with van der Waals surface area (Å²) in [5, 5.41) is 3.31. The molecule has 1 aliphatic heterocycles. The van der Waals surface area contributed by atoms with Crippen LogP contribution in [0.1, 0.15) is 6.92 Å². The number of sulfonamides is 1. The van der Waals surface area contributed by atoms with Gasteiger partial charge in [-0.25, -0.2) is 12.7 Å². The Morgan fingerprint density at radius 2 is 1.84 bits per heavy atom. The first-order valence-electron chi connectivity index (χ1n) is 6.18. The van der Waals surface area contributed by atoms with Crippen LogP contribution in [-0.4, -0.2) is 46.6 Å². The summed E-state index contributed by atoms with van der Waals surface area (Å²) in [7, 11) is -0.292. The molecule has 1 N–H and O–H groups in total. The molecule has 0 bridgehead atoms. The predicted octanol–water partition coefficient (Wildman–Crippen LogP) is 1.39. The van der Waals surface area contributed by atoms with Gasteiger partial charge in [-0.1, -0.05) is 6.92 Å². The van der Waals surface area contributed by atoms with E-state index in [2.05, 4.69) is 12.2 Å². The largest absolute Gasteiger partial charge is 0.384 e. The first kappa shape index (κ1) is 14.3. The highest BCUT2D eigenvalue weighted by Gasteiger charge is 2.32. The minimum Gasteiger partial charge on any atom is -0.384 e. The monoisotopic (exact) mass is 284 g/mol. The van der Waals surface area contributed by atoms with Gasteiger partial charge in [0.1, 0.15) is 0 Å². The van der Waals surface area contributed by atoms with Gasteiger partial charge in [0.25, 0.3) is 0 Å². The van der Waals surface area contributed by atoms with Crippen molar-refractivity contribution in [3.8, 4) is 0 Å². The van der Waals surface area contributed by atoms with E-state index in [9.17, 15) is 8.42 Å². The van der Waals surface area contributed by atoms with Gasteiger partial charge < -0.3 is 10.1 Å². The lowest BCUT2D eigenvalue weighted by molar-refractivity contribution is -0.0924. The molecule has 1 aromatic rings. The molecule has 0 saturated carbocycles. The van der Waals surface area contributed by atoms with Crippen molar-refractivity contribution in [2.24, 2.45) is 5.41 Å². The second-order valence-corrected chi connectivity index (χ2v) is 7.62. The fraction of sp³-hybridized carbons (Fsp3) is 0.538. The van der Waals surface area contributed by atoms with E-state index in [1.807, 2.05) is 0 Å². The van der Waals surface area contributed by atoms with Gasteiger partial charge in [-0.15, -0.1) is 0 Å². The Hall–Kier alpha value is -1.11. The van der Waals surface area contributed by atoms with E-state index in [1.54, 1.807) is 24.3 Å². The number of anilines is 1. The van der Waals surface area contributed by atoms with Crippen molar-refractivity contribution < 1.29 is 13.2 Å². The SMILES string of the molecule is CN(C)S(=O)(=O)c1ccc(NCC2(C)COC2)cc1. The summed E-state index contributed by atoms with van der Waals surface area (Å²) < 4.78 is 30.2. The van der Waals surface area contributed by atoms with Gasteiger partial charge >= 0.3 is 0 Å². The minimum absolute atomic E-state index is 0.189. The maximum absolute atomic E-state index is 11.9. The van der Waals surface area contributed by atoms with Crippen molar-refractivity contribution in [2.75, 3.05) is 39.2 Å². The summed E-state index contributed by atoms with van der Waals surface area (Å²) in [5.41, 5.74) is 1.11. The highest BCUT2D eigenvalue weighted by molar-refractivity contribution is 7.89. The summed E-state index contributed by atoms with van der Waals surface area (Å²) in [5.74, 6) is 0. The summed E-state index contributed by atoms with van der Waals surface area (Å²) in [4.78, 5) is 0.307. The Bertz CT molecular complexity index is 534. The van der Waals surface area contributed by atoms with Gasteiger partial charge in [0.15, 0.2) is 0 Å². The molecule has 0 aromatic heterocycles. The van der Waals surface area contributed by atoms with E-state index in [0.29, 0.717) is 4.90 Å². The third-order valence-electron chi connectivity index (χ3n) is 3.25. The molecule has 0 radical (unpaired) electrons. The fourth-order valence-electron chi connectivity index (χ4n) is 1.82. The van der Waals surface area contributed by atoms with Crippen LogP contribution < -0.4 is 5.32 Å². The van der Waals surface area contributed by atoms with Gasteiger partial charge in [0.05, 0.1) is 18.1 Å². The molecule has 0 amide bonds. The number of benzene rings is 1. The average molecular weight is 284 g/mol. The summed E-state index contributed by atoms with van der Waals surface area (Å²) in [6, 6.07) is 6.83. The minimum atomic E-state index is -3.34. The van der Waals surface area contributed by atoms with Crippen molar-refractivity contribution in [1.82, 2.24) is 4.31 Å². The standard InChI is InChI=1S/C13H20N2O3S/c1-13(9-18-10-13)8-14-11-4-6-12(7-5-11)19(16,17)15(2)3/h4-7,14H,8-10H2,1-3H3. The second-order valence-electron chi connectivity index (χ2n) is 5.47. The molecule has 6 heteroatoms. The van der Waals surface area contributed by atoms with Crippen LogP contribution in [0.2, 0.25) is 0 Å². The van der Waals surface area contributed by atoms with Gasteiger partial charge in [-0.3, -0.25) is 0 Å². The third-order valence-corrected chi connectivity index (χ3v) is 5.08. The molecule has 5 nitrogen and oxygen atoms in total. The molecule has 0 unspecified atom stereocenters. The van der Waals surface area contributed by atoms with E-state index < -0.39 is 10.0 Å². The molecule has 106 valence electrons. The lowest BCUT2D eigenvalue weighted by atomic mass is 9.89. The zero-order valence-electron chi connectivity index (χ0n) is 11.5. The zero-order chi connectivity index (χ0) is 14.1. The van der Waals surface area contributed by atoms with Crippen molar-refractivity contribution in [1.29, 1.82) is 0 Å². The van der Waals surface area contributed by atoms with Crippen LogP contribution >= 0.6 is 0 Å². The molecule has 0 spiro atoms. The van der Waals surface area contributed by atoms with Crippen LogP contribution in [0.5, 0.6) is 0 Å². The molecule has 2 rings (SSSR count). The van der Waals surface area contributed by atoms with Crippen LogP contribution in [-0.2, 0) is 14.8 Å². The lowest BCUT2D eigenvalue weighted by Gasteiger charge is -2.38. The quantitative estimate of drug-likeness (QED) is 0.887. The number of rotatable bonds is 5. The Balaban J connectivity index is 2.02. The maximum atomic E-state index is 11.9. The van der Waals surface area contributed by atoms with Gasteiger partial charge in [-0.2, -0.15) is 0 Å². The van der Waals surface area contributed by atoms with E-state index in [0.717, 1.165) is 25.4 Å². The summed E-state index contributed by atoms with van der Waals surface area (Å²) in [6.45, 7) is 4.53. The Morgan fingerprint density at radius 1 is 1.26 bits per heavy atom. The summed E-state index contributed by atoms with van der Waals surface area (Å²) >= 11 is 0. The van der Waals surface area contributed by atoms with Crippen LogP contribution in [0.3, 0.4) is 0 Å². The fourth-order valence-corrected chi connectivity index (χ4v) is 2.73. The van der Waals surface area contributed by atoms with E-state index in [1.165, 1.54) is 18.4 Å². The summed E-state index contributed by atoms with van der Waals surface area (Å²) in [6.07, 6.45) is 0. The molecular weight excluding hydrogens is 264 g/mol. The number of hydrogen-bond donors (Lipinski definition) is 1. The average Bonchev–Trinajstić information content (AvgIpc) is 2.34. The first-order chi connectivity index (χ1) is 8.83. The van der Waals surface area contributed by atoms with Crippen LogP contribution in [0.4, 0.5) is 5.69 Å². The lowest BCUT2D eigenvalue weighted by Crippen LogP contribution is -2.45. The number of nitrogens with one attached hydrogen (secondary N) is 1. The topological polar surface area (TPSA) is 58.6 Å². The predicted molar refractivity (Wildman–Crippen MR) is 74.7 cm³/mol. The maximum Gasteiger partial charge on any atom is 0.242 e. The molecule has 1 aliphatic rings. The zero-order valence-corrected chi connectivity index (χ0v) is 12.3. The second kappa shape index (κ2) is 5.11. The molecule has 0 atom stereocenters. The molecule has 1 aromatic carbocycles. The van der Waals surface area contributed by atoms with Crippen molar-refractivity contribution in [3.05, 3.63) is 24.3 Å². The van der Waals surface area contributed by atoms with Crippen molar-refractivity contribution in [3.63, 3.8) is 0 Å². The van der Waals surface area contributed by atoms with Crippen LogP contribution in [0.15, 0.2) is 29.2 Å². The molecule has 0 aliphatic carbocycles. The Kier molecular flexibility index (Phi) is 3.85. The smallest absolute Gasteiger partial charge is 0.242 e. The molecule has 19 heavy (non-hydrogen) atoms. The Labute approximate surface area is 114 Å². The van der Waals surface area contributed by atoms with Gasteiger partial charge in [-0.05, 0) is 24.3 Å². The van der Waals surface area contributed by atoms with Gasteiger partial charge in [0.2, 0.25) is 10.0 Å². The van der Waals surface area contributed by atoms with Crippen molar-refractivity contribution in [2.45, 2.75) is 11.8 Å².